The topological polar surface area (TPSA) is 105 Å². The second-order valence-corrected chi connectivity index (χ2v) is 11.0. The van der Waals surface area contributed by atoms with Crippen LogP contribution in [-0.4, -0.2) is 63.7 Å². The van der Waals surface area contributed by atoms with Gasteiger partial charge >= 0.3 is 0 Å². The molecule has 4 rings (SSSR count). The van der Waals surface area contributed by atoms with Crippen LogP contribution in [0.2, 0.25) is 5.02 Å². The molecular formula is C32H41ClFN3O5. The van der Waals surface area contributed by atoms with Gasteiger partial charge in [0.2, 0.25) is 5.91 Å². The molecule has 10 heteroatoms. The van der Waals surface area contributed by atoms with E-state index in [9.17, 15) is 9.18 Å². The van der Waals surface area contributed by atoms with Crippen LogP contribution in [0.4, 0.5) is 10.1 Å². The number of nitrogens with one attached hydrogen (secondary N) is 1. The molecule has 0 bridgehead atoms. The molecule has 0 aliphatic heterocycles. The molecular weight excluding hydrogens is 561 g/mol. The van der Waals surface area contributed by atoms with Gasteiger partial charge in [-0.3, -0.25) is 9.78 Å². The number of rotatable bonds is 16. The fourth-order valence-corrected chi connectivity index (χ4v) is 5.60. The predicted molar refractivity (Wildman–Crippen MR) is 163 cm³/mol. The first-order valence-electron chi connectivity index (χ1n) is 14.7. The van der Waals surface area contributed by atoms with E-state index in [0.717, 1.165) is 42.1 Å². The number of pyridine rings is 1. The summed E-state index contributed by atoms with van der Waals surface area (Å²) < 4.78 is 35.9. The minimum absolute atomic E-state index is 0.0279. The summed E-state index contributed by atoms with van der Waals surface area (Å²) in [5.41, 5.74) is 7.95. The van der Waals surface area contributed by atoms with Crippen LogP contribution in [-0.2, 0) is 19.0 Å². The van der Waals surface area contributed by atoms with E-state index in [2.05, 4.69) is 10.3 Å². The molecule has 1 aromatic heterocycles. The number of halogens is 2. The fourth-order valence-electron chi connectivity index (χ4n) is 5.42. The van der Waals surface area contributed by atoms with Crippen molar-refractivity contribution >= 4 is 34.1 Å². The van der Waals surface area contributed by atoms with E-state index in [0.29, 0.717) is 75.2 Å². The van der Waals surface area contributed by atoms with Crippen molar-refractivity contribution < 1.29 is 28.1 Å². The lowest BCUT2D eigenvalue weighted by atomic mass is 9.73. The maximum atomic E-state index is 13.9. The third kappa shape index (κ3) is 9.34. The zero-order valence-electron chi connectivity index (χ0n) is 24.2. The van der Waals surface area contributed by atoms with Gasteiger partial charge in [-0.1, -0.05) is 18.5 Å². The average molecular weight is 602 g/mol. The quantitative estimate of drug-likeness (QED) is 0.195. The lowest BCUT2D eigenvalue weighted by Gasteiger charge is -2.32. The Labute approximate surface area is 252 Å². The number of hydrogen-bond acceptors (Lipinski definition) is 7. The van der Waals surface area contributed by atoms with Gasteiger partial charge in [0.05, 0.1) is 50.2 Å². The Balaban J connectivity index is 1.19. The zero-order chi connectivity index (χ0) is 29.7. The van der Waals surface area contributed by atoms with Gasteiger partial charge in [0.1, 0.15) is 18.2 Å². The number of amides is 1. The number of anilines is 1. The SMILES string of the molecule is C[C@@H](C(=O)Nc1ccc(Cl)c(OCCOCCOCCOCCN)c1)[C@H]1CC[C@@H](c2ccnc3ccc(F)cc32)CC1. The van der Waals surface area contributed by atoms with Crippen LogP contribution >= 0.6 is 11.6 Å². The first-order valence-corrected chi connectivity index (χ1v) is 15.0. The Hall–Kier alpha value is -2.82. The third-order valence-corrected chi connectivity index (χ3v) is 8.07. The predicted octanol–water partition coefficient (Wildman–Crippen LogP) is 5.96. The van der Waals surface area contributed by atoms with Crippen LogP contribution in [0.25, 0.3) is 10.9 Å². The minimum atomic E-state index is -0.248. The van der Waals surface area contributed by atoms with Gasteiger partial charge < -0.3 is 30.0 Å². The summed E-state index contributed by atoms with van der Waals surface area (Å²) in [7, 11) is 0. The second-order valence-electron chi connectivity index (χ2n) is 10.6. The summed E-state index contributed by atoms with van der Waals surface area (Å²) in [5.74, 6) is 0.661. The molecule has 3 aromatic rings. The molecule has 3 N–H and O–H groups in total. The van der Waals surface area contributed by atoms with Crippen LogP contribution in [0.3, 0.4) is 0 Å². The number of hydrogen-bond donors (Lipinski definition) is 2. The van der Waals surface area contributed by atoms with Gasteiger partial charge in [-0.2, -0.15) is 0 Å². The molecule has 1 saturated carbocycles. The van der Waals surface area contributed by atoms with Gasteiger partial charge in [0.15, 0.2) is 0 Å². The standard InChI is InChI=1S/C32H41ClFN3O5/c1-22(23-2-4-24(5-3-23)27-10-12-36-30-9-6-25(34)20-28(27)30)32(38)37-26-7-8-29(33)31(21-26)42-19-18-41-17-16-40-15-14-39-13-11-35/h6-10,12,20-24H,2-5,11,13-19,35H2,1H3,(H,37,38)/t22-,23-,24+/m1/s1. The van der Waals surface area contributed by atoms with E-state index in [1.165, 1.54) is 6.07 Å². The number of benzene rings is 2. The van der Waals surface area contributed by atoms with Gasteiger partial charge in [-0.05, 0) is 79.5 Å². The molecule has 2 aromatic carbocycles. The van der Waals surface area contributed by atoms with Crippen molar-refractivity contribution in [1.82, 2.24) is 4.98 Å². The Kier molecular flexibility index (Phi) is 12.8. The molecule has 1 atom stereocenters. The molecule has 1 aliphatic rings. The molecule has 0 radical (unpaired) electrons. The summed E-state index contributed by atoms with van der Waals surface area (Å²) in [6.45, 7) is 5.63. The molecule has 8 nitrogen and oxygen atoms in total. The lowest BCUT2D eigenvalue weighted by Crippen LogP contribution is -2.29. The van der Waals surface area contributed by atoms with Crippen LogP contribution in [0.5, 0.6) is 5.75 Å². The van der Waals surface area contributed by atoms with Crippen LogP contribution in [0.15, 0.2) is 48.7 Å². The third-order valence-electron chi connectivity index (χ3n) is 7.76. The molecule has 1 heterocycles. The van der Waals surface area contributed by atoms with E-state index < -0.39 is 0 Å². The molecule has 0 spiro atoms. The highest BCUT2D eigenvalue weighted by Gasteiger charge is 2.30. The monoisotopic (exact) mass is 601 g/mol. The van der Waals surface area contributed by atoms with Gasteiger partial charge in [0, 0.05) is 35.8 Å². The van der Waals surface area contributed by atoms with Gasteiger partial charge in [0.25, 0.3) is 0 Å². The molecule has 1 amide bonds. The zero-order valence-corrected chi connectivity index (χ0v) is 24.9. The number of carbonyl (C=O) groups is 1. The Bertz CT molecular complexity index is 1290. The normalized spacial score (nSPS) is 17.7. The lowest BCUT2D eigenvalue weighted by molar-refractivity contribution is -0.121. The van der Waals surface area contributed by atoms with Crippen LogP contribution < -0.4 is 15.8 Å². The summed E-state index contributed by atoms with van der Waals surface area (Å²) in [6, 6.07) is 12.0. The Morgan fingerprint density at radius 2 is 1.67 bits per heavy atom. The first kappa shape index (κ1) is 32.1. The highest BCUT2D eigenvalue weighted by Crippen LogP contribution is 2.41. The molecule has 1 fully saturated rings. The number of nitrogens with zero attached hydrogens (tertiary/aromatic N) is 1. The largest absolute Gasteiger partial charge is 0.490 e. The molecule has 0 unspecified atom stereocenters. The summed E-state index contributed by atoms with van der Waals surface area (Å²) >= 11 is 6.32. The summed E-state index contributed by atoms with van der Waals surface area (Å²) in [6.07, 6.45) is 5.57. The van der Waals surface area contributed by atoms with E-state index >= 15 is 0 Å². The number of carbonyl (C=O) groups excluding carboxylic acids is 1. The fraction of sp³-hybridized carbons (Fsp3) is 0.500. The van der Waals surface area contributed by atoms with Crippen molar-refractivity contribution in [2.24, 2.45) is 17.6 Å². The number of nitrogens with two attached hydrogens (primary N) is 1. The van der Waals surface area contributed by atoms with Crippen molar-refractivity contribution in [3.63, 3.8) is 0 Å². The number of fused-ring (bicyclic) bond motifs is 1. The minimum Gasteiger partial charge on any atom is -0.490 e. The summed E-state index contributed by atoms with van der Waals surface area (Å²) in [4.78, 5) is 17.5. The van der Waals surface area contributed by atoms with Crippen molar-refractivity contribution in [3.05, 3.63) is 65.1 Å². The molecule has 0 saturated heterocycles. The van der Waals surface area contributed by atoms with E-state index in [-0.39, 0.29) is 23.6 Å². The molecule has 42 heavy (non-hydrogen) atoms. The summed E-state index contributed by atoms with van der Waals surface area (Å²) in [5, 5.41) is 4.37. The van der Waals surface area contributed by atoms with Gasteiger partial charge in [-0.25, -0.2) is 4.39 Å². The second kappa shape index (κ2) is 16.7. The van der Waals surface area contributed by atoms with Crippen LogP contribution in [0, 0.1) is 17.7 Å². The average Bonchev–Trinajstić information content (AvgIpc) is 3.00. The van der Waals surface area contributed by atoms with Crippen molar-refractivity contribution in [1.29, 1.82) is 0 Å². The van der Waals surface area contributed by atoms with Crippen molar-refractivity contribution in [2.75, 3.05) is 58.1 Å². The van der Waals surface area contributed by atoms with Crippen LogP contribution in [0.1, 0.15) is 44.1 Å². The number of ether oxygens (including phenoxy) is 4. The van der Waals surface area contributed by atoms with Crippen molar-refractivity contribution in [3.8, 4) is 5.75 Å². The number of aromatic nitrogens is 1. The van der Waals surface area contributed by atoms with Crippen molar-refractivity contribution in [2.45, 2.75) is 38.5 Å². The maximum absolute atomic E-state index is 13.9. The van der Waals surface area contributed by atoms with E-state index in [1.54, 1.807) is 36.5 Å². The smallest absolute Gasteiger partial charge is 0.227 e. The maximum Gasteiger partial charge on any atom is 0.227 e. The molecule has 228 valence electrons. The molecule has 1 aliphatic carbocycles. The Morgan fingerprint density at radius 1 is 0.976 bits per heavy atom. The van der Waals surface area contributed by atoms with E-state index in [4.69, 9.17) is 36.3 Å². The Morgan fingerprint density at radius 3 is 2.38 bits per heavy atom. The van der Waals surface area contributed by atoms with E-state index in [1.807, 2.05) is 13.0 Å². The first-order chi connectivity index (χ1) is 20.5. The van der Waals surface area contributed by atoms with Gasteiger partial charge in [-0.15, -0.1) is 0 Å². The highest BCUT2D eigenvalue weighted by atomic mass is 35.5. The highest BCUT2D eigenvalue weighted by molar-refractivity contribution is 6.32.